The number of anilines is 1. The van der Waals surface area contributed by atoms with Gasteiger partial charge < -0.3 is 9.47 Å². The Morgan fingerprint density at radius 3 is 2.54 bits per heavy atom. The summed E-state index contributed by atoms with van der Waals surface area (Å²) < 4.78 is 10.5. The van der Waals surface area contributed by atoms with Crippen LogP contribution in [0, 0.1) is 0 Å². The van der Waals surface area contributed by atoms with Crippen LogP contribution in [0.25, 0.3) is 0 Å². The van der Waals surface area contributed by atoms with E-state index in [9.17, 15) is 9.59 Å². The molecular formula is C19H17ClN4O4. The van der Waals surface area contributed by atoms with Crippen LogP contribution in [0.5, 0.6) is 11.5 Å². The first-order valence-electron chi connectivity index (χ1n) is 8.55. The molecule has 8 nitrogen and oxygen atoms in total. The van der Waals surface area contributed by atoms with Gasteiger partial charge >= 0.3 is 0 Å². The minimum absolute atomic E-state index is 0.323. The summed E-state index contributed by atoms with van der Waals surface area (Å²) in [6.45, 7) is 0.323. The first-order valence-corrected chi connectivity index (χ1v) is 8.93. The van der Waals surface area contributed by atoms with E-state index in [1.165, 1.54) is 19.2 Å². The predicted molar refractivity (Wildman–Crippen MR) is 101 cm³/mol. The number of benzene rings is 2. The monoisotopic (exact) mass is 400 g/mol. The van der Waals surface area contributed by atoms with Crippen LogP contribution in [0.1, 0.15) is 5.56 Å². The summed E-state index contributed by atoms with van der Waals surface area (Å²) >= 11 is 6.03. The molecule has 9 heteroatoms. The zero-order chi connectivity index (χ0) is 19.8. The zero-order valence-electron chi connectivity index (χ0n) is 15.2. The van der Waals surface area contributed by atoms with Crippen molar-refractivity contribution < 1.29 is 19.1 Å². The van der Waals surface area contributed by atoms with Gasteiger partial charge in [0.2, 0.25) is 0 Å². The third kappa shape index (κ3) is 2.95. The van der Waals surface area contributed by atoms with Crippen LogP contribution in [-0.4, -0.2) is 43.1 Å². The highest BCUT2D eigenvalue weighted by Crippen LogP contribution is 2.37. The van der Waals surface area contributed by atoms with E-state index in [0.717, 1.165) is 10.5 Å². The highest BCUT2D eigenvalue weighted by atomic mass is 35.5. The molecule has 2 aromatic rings. The summed E-state index contributed by atoms with van der Waals surface area (Å²) in [6.07, 6.45) is 0. The van der Waals surface area contributed by atoms with Crippen molar-refractivity contribution in [2.24, 2.45) is 10.3 Å². The Hall–Kier alpha value is -3.13. The molecule has 0 aromatic heterocycles. The molecule has 2 aromatic carbocycles. The van der Waals surface area contributed by atoms with Gasteiger partial charge in [-0.05, 0) is 29.8 Å². The van der Waals surface area contributed by atoms with Crippen LogP contribution in [0.3, 0.4) is 0 Å². The summed E-state index contributed by atoms with van der Waals surface area (Å²) in [7, 11) is 3.01. The SMILES string of the molecule is COc1ccc(N2C(=O)C3N=NN(Cc4cccc(Cl)c4)C3C2=O)cc1OC. The Kier molecular flexibility index (Phi) is 4.64. The average Bonchev–Trinajstić information content (AvgIpc) is 3.21. The second kappa shape index (κ2) is 7.12. The number of methoxy groups -OCH3 is 2. The van der Waals surface area contributed by atoms with Gasteiger partial charge in [0.1, 0.15) is 0 Å². The Morgan fingerprint density at radius 2 is 1.82 bits per heavy atom. The Balaban J connectivity index is 1.61. The number of ether oxygens (including phenoxy) is 2. The minimum Gasteiger partial charge on any atom is -0.493 e. The molecule has 0 radical (unpaired) electrons. The van der Waals surface area contributed by atoms with Gasteiger partial charge in [-0.2, -0.15) is 5.11 Å². The molecule has 2 amide bonds. The molecule has 1 fully saturated rings. The largest absolute Gasteiger partial charge is 0.493 e. The van der Waals surface area contributed by atoms with Crippen LogP contribution < -0.4 is 14.4 Å². The molecule has 1 saturated heterocycles. The number of rotatable bonds is 5. The van der Waals surface area contributed by atoms with E-state index in [1.807, 2.05) is 12.1 Å². The first kappa shape index (κ1) is 18.2. The molecular weight excluding hydrogens is 384 g/mol. The molecule has 4 rings (SSSR count). The molecule has 0 bridgehead atoms. The molecule has 0 aliphatic carbocycles. The Labute approximate surface area is 166 Å². The normalized spacial score (nSPS) is 20.7. The van der Waals surface area contributed by atoms with Crippen molar-refractivity contribution in [3.8, 4) is 11.5 Å². The second-order valence-corrected chi connectivity index (χ2v) is 6.81. The molecule has 2 atom stereocenters. The topological polar surface area (TPSA) is 83.8 Å². The highest BCUT2D eigenvalue weighted by Gasteiger charge is 2.54. The highest BCUT2D eigenvalue weighted by molar-refractivity contribution is 6.30. The summed E-state index contributed by atoms with van der Waals surface area (Å²) in [5, 5.41) is 10.2. The van der Waals surface area contributed by atoms with Crippen LogP contribution in [0.2, 0.25) is 5.02 Å². The van der Waals surface area contributed by atoms with Gasteiger partial charge in [-0.15, -0.1) is 0 Å². The lowest BCUT2D eigenvalue weighted by atomic mass is 10.1. The Bertz CT molecular complexity index is 980. The summed E-state index contributed by atoms with van der Waals surface area (Å²) in [5.41, 5.74) is 1.27. The lowest BCUT2D eigenvalue weighted by Gasteiger charge is -2.21. The van der Waals surface area contributed by atoms with Gasteiger partial charge in [0, 0.05) is 11.1 Å². The maximum absolute atomic E-state index is 13.1. The third-order valence-corrected chi connectivity index (χ3v) is 4.95. The van der Waals surface area contributed by atoms with E-state index in [2.05, 4.69) is 10.3 Å². The van der Waals surface area contributed by atoms with Gasteiger partial charge in [-0.25, -0.2) is 4.90 Å². The number of carbonyl (C=O) groups is 2. The number of fused-ring (bicyclic) bond motifs is 1. The van der Waals surface area contributed by atoms with Gasteiger partial charge in [0.05, 0.1) is 26.5 Å². The van der Waals surface area contributed by atoms with E-state index in [4.69, 9.17) is 21.1 Å². The Morgan fingerprint density at radius 1 is 1.04 bits per heavy atom. The maximum Gasteiger partial charge on any atom is 0.263 e. The van der Waals surface area contributed by atoms with Gasteiger partial charge in [0.25, 0.3) is 11.8 Å². The molecule has 28 heavy (non-hydrogen) atoms. The smallest absolute Gasteiger partial charge is 0.263 e. The van der Waals surface area contributed by atoms with Crippen molar-refractivity contribution in [1.82, 2.24) is 5.01 Å². The van der Waals surface area contributed by atoms with Crippen LogP contribution >= 0.6 is 11.6 Å². The van der Waals surface area contributed by atoms with E-state index < -0.39 is 18.0 Å². The number of hydrogen-bond donors (Lipinski definition) is 0. The van der Waals surface area contributed by atoms with Crippen molar-refractivity contribution in [2.75, 3.05) is 19.1 Å². The lowest BCUT2D eigenvalue weighted by molar-refractivity contribution is -0.123. The van der Waals surface area contributed by atoms with E-state index in [1.54, 1.807) is 30.3 Å². The number of halogens is 1. The zero-order valence-corrected chi connectivity index (χ0v) is 16.0. The predicted octanol–water partition coefficient (Wildman–Crippen LogP) is 2.85. The lowest BCUT2D eigenvalue weighted by Crippen LogP contribution is -2.39. The average molecular weight is 401 g/mol. The van der Waals surface area contributed by atoms with Crippen LogP contribution in [0.15, 0.2) is 52.8 Å². The van der Waals surface area contributed by atoms with Crippen molar-refractivity contribution in [3.63, 3.8) is 0 Å². The van der Waals surface area contributed by atoms with Gasteiger partial charge in [-0.3, -0.25) is 14.6 Å². The first-order chi connectivity index (χ1) is 13.5. The maximum atomic E-state index is 13.1. The van der Waals surface area contributed by atoms with Gasteiger partial charge in [0.15, 0.2) is 23.6 Å². The fourth-order valence-electron chi connectivity index (χ4n) is 3.39. The number of nitrogens with zero attached hydrogens (tertiary/aromatic N) is 4. The van der Waals surface area contributed by atoms with Crippen LogP contribution in [-0.2, 0) is 16.1 Å². The van der Waals surface area contributed by atoms with Crippen molar-refractivity contribution in [1.29, 1.82) is 0 Å². The van der Waals surface area contributed by atoms with E-state index >= 15 is 0 Å². The van der Waals surface area contributed by atoms with Crippen LogP contribution in [0.4, 0.5) is 5.69 Å². The molecule has 0 spiro atoms. The second-order valence-electron chi connectivity index (χ2n) is 6.37. The summed E-state index contributed by atoms with van der Waals surface area (Å²) in [5.74, 6) is 0.136. The van der Waals surface area contributed by atoms with E-state index in [-0.39, 0.29) is 5.91 Å². The molecule has 2 unspecified atom stereocenters. The summed E-state index contributed by atoms with van der Waals surface area (Å²) in [6, 6.07) is 10.5. The molecule has 2 aliphatic heterocycles. The molecule has 0 N–H and O–H groups in total. The molecule has 0 saturated carbocycles. The van der Waals surface area contributed by atoms with Gasteiger partial charge in [-0.1, -0.05) is 29.0 Å². The molecule has 144 valence electrons. The fraction of sp³-hybridized carbons (Fsp3) is 0.263. The molecule has 2 aliphatic rings. The van der Waals surface area contributed by atoms with Crippen molar-refractivity contribution in [3.05, 3.63) is 53.1 Å². The molecule has 2 heterocycles. The third-order valence-electron chi connectivity index (χ3n) is 4.72. The number of carbonyl (C=O) groups excluding carboxylic acids is 2. The fourth-order valence-corrected chi connectivity index (χ4v) is 3.61. The standard InChI is InChI=1S/C19H17ClN4O4/c1-27-14-7-6-13(9-15(14)28-2)24-18(25)16-17(19(24)26)23(22-21-16)10-11-4-3-5-12(20)8-11/h3-9,16-17H,10H2,1-2H3. The number of hydrogen-bond acceptors (Lipinski definition) is 7. The van der Waals surface area contributed by atoms with E-state index in [0.29, 0.717) is 28.8 Å². The number of amides is 2. The summed E-state index contributed by atoms with van der Waals surface area (Å²) in [4.78, 5) is 27.0. The van der Waals surface area contributed by atoms with Crippen molar-refractivity contribution >= 4 is 29.1 Å². The number of imide groups is 1. The van der Waals surface area contributed by atoms with Crippen molar-refractivity contribution in [2.45, 2.75) is 18.6 Å². The minimum atomic E-state index is -0.861. The quantitative estimate of drug-likeness (QED) is 0.720.